The van der Waals surface area contributed by atoms with Crippen LogP contribution in [0.5, 0.6) is 5.75 Å². The summed E-state index contributed by atoms with van der Waals surface area (Å²) < 4.78 is 5.39. The second-order valence-electron chi connectivity index (χ2n) is 6.19. The summed E-state index contributed by atoms with van der Waals surface area (Å²) in [4.78, 5) is 19.9. The minimum atomic E-state index is -0.567. The van der Waals surface area contributed by atoms with Gasteiger partial charge in [-0.1, -0.05) is 47.5 Å². The van der Waals surface area contributed by atoms with Gasteiger partial charge in [0.1, 0.15) is 11.6 Å². The number of fused-ring (bicyclic) bond motifs is 1. The minimum Gasteiger partial charge on any atom is -0.410 e. The number of rotatable bonds is 3. The Bertz CT molecular complexity index is 1170. The fourth-order valence-electron chi connectivity index (χ4n) is 2.85. The van der Waals surface area contributed by atoms with Crippen LogP contribution in [0.1, 0.15) is 5.56 Å². The van der Waals surface area contributed by atoms with Crippen molar-refractivity contribution < 1.29 is 9.53 Å². The van der Waals surface area contributed by atoms with E-state index >= 15 is 0 Å². The monoisotopic (exact) mass is 411 g/mol. The van der Waals surface area contributed by atoms with E-state index in [-0.39, 0.29) is 0 Å². The highest BCUT2D eigenvalue weighted by Crippen LogP contribution is 2.34. The number of halogens is 2. The van der Waals surface area contributed by atoms with E-state index in [1.807, 2.05) is 31.2 Å². The van der Waals surface area contributed by atoms with Gasteiger partial charge < -0.3 is 9.72 Å². The molecule has 2 N–H and O–H groups in total. The summed E-state index contributed by atoms with van der Waals surface area (Å²) in [7, 11) is 0. The molecule has 0 saturated carbocycles. The number of ether oxygens (including phenoxy) is 1. The van der Waals surface area contributed by atoms with E-state index in [4.69, 9.17) is 27.9 Å². The van der Waals surface area contributed by atoms with Crippen LogP contribution in [0.2, 0.25) is 10.0 Å². The molecule has 0 aliphatic rings. The Morgan fingerprint density at radius 2 is 1.79 bits per heavy atom. The van der Waals surface area contributed by atoms with Crippen LogP contribution >= 0.6 is 23.2 Å². The molecule has 0 aliphatic heterocycles. The summed E-state index contributed by atoms with van der Waals surface area (Å²) in [5, 5.41) is 3.73. The molecule has 1 aromatic heterocycles. The van der Waals surface area contributed by atoms with Gasteiger partial charge in [0, 0.05) is 11.8 Å². The van der Waals surface area contributed by atoms with Crippen molar-refractivity contribution in [1.82, 2.24) is 9.97 Å². The fourth-order valence-corrected chi connectivity index (χ4v) is 3.43. The topological polar surface area (TPSA) is 67.0 Å². The van der Waals surface area contributed by atoms with Crippen molar-refractivity contribution in [2.75, 3.05) is 5.32 Å². The third kappa shape index (κ3) is 3.67. The van der Waals surface area contributed by atoms with Crippen molar-refractivity contribution in [2.45, 2.75) is 6.92 Å². The SMILES string of the molecule is Cc1ccccc1NC(=O)Oc1ccc2nc(-c3c(Cl)cccc3Cl)[nH]c2c1. The largest absolute Gasteiger partial charge is 0.417 e. The number of anilines is 1. The van der Waals surface area contributed by atoms with E-state index in [9.17, 15) is 4.79 Å². The molecule has 0 fully saturated rings. The van der Waals surface area contributed by atoms with E-state index in [2.05, 4.69) is 15.3 Å². The van der Waals surface area contributed by atoms with Crippen molar-refractivity contribution in [3.8, 4) is 17.1 Å². The Labute approximate surface area is 171 Å². The van der Waals surface area contributed by atoms with Crippen LogP contribution in [0, 0.1) is 6.92 Å². The number of H-pyrrole nitrogens is 1. The first-order valence-corrected chi connectivity index (χ1v) is 9.25. The molecule has 4 rings (SSSR count). The fraction of sp³-hybridized carbons (Fsp3) is 0.0476. The van der Waals surface area contributed by atoms with E-state index in [0.717, 1.165) is 5.56 Å². The maximum Gasteiger partial charge on any atom is 0.417 e. The van der Waals surface area contributed by atoms with E-state index in [0.29, 0.717) is 43.9 Å². The average Bonchev–Trinajstić information content (AvgIpc) is 3.06. The number of carbonyl (C=O) groups excluding carboxylic acids is 1. The zero-order valence-corrected chi connectivity index (χ0v) is 16.3. The van der Waals surface area contributed by atoms with Crippen molar-refractivity contribution in [2.24, 2.45) is 0 Å². The van der Waals surface area contributed by atoms with Crippen LogP contribution < -0.4 is 10.1 Å². The lowest BCUT2D eigenvalue weighted by atomic mass is 10.2. The molecule has 28 heavy (non-hydrogen) atoms. The Kier molecular flexibility index (Phi) is 4.94. The van der Waals surface area contributed by atoms with Crippen LogP contribution in [0.3, 0.4) is 0 Å². The molecule has 1 amide bonds. The van der Waals surface area contributed by atoms with Gasteiger partial charge in [0.15, 0.2) is 0 Å². The number of aromatic amines is 1. The number of aryl methyl sites for hydroxylation is 1. The van der Waals surface area contributed by atoms with Gasteiger partial charge in [-0.15, -0.1) is 0 Å². The molecule has 1 heterocycles. The Balaban J connectivity index is 1.58. The van der Waals surface area contributed by atoms with Gasteiger partial charge in [0.2, 0.25) is 0 Å². The lowest BCUT2D eigenvalue weighted by Crippen LogP contribution is -2.17. The van der Waals surface area contributed by atoms with Crippen LogP contribution in [0.25, 0.3) is 22.4 Å². The molecule has 3 aromatic carbocycles. The van der Waals surface area contributed by atoms with Crippen LogP contribution in [0.15, 0.2) is 60.7 Å². The van der Waals surface area contributed by atoms with Crippen LogP contribution in [-0.2, 0) is 0 Å². The summed E-state index contributed by atoms with van der Waals surface area (Å²) >= 11 is 12.5. The molecule has 0 radical (unpaired) electrons. The summed E-state index contributed by atoms with van der Waals surface area (Å²) in [5.74, 6) is 0.936. The molecule has 0 saturated heterocycles. The number of carbonyl (C=O) groups is 1. The first kappa shape index (κ1) is 18.3. The van der Waals surface area contributed by atoms with E-state index in [1.165, 1.54) is 0 Å². The summed E-state index contributed by atoms with van der Waals surface area (Å²) in [6, 6.07) is 17.9. The maximum absolute atomic E-state index is 12.2. The number of hydrogen-bond acceptors (Lipinski definition) is 3. The first-order valence-electron chi connectivity index (χ1n) is 8.50. The predicted molar refractivity (Wildman–Crippen MR) is 112 cm³/mol. The average molecular weight is 412 g/mol. The molecule has 0 atom stereocenters. The lowest BCUT2D eigenvalue weighted by molar-refractivity contribution is 0.215. The summed E-state index contributed by atoms with van der Waals surface area (Å²) in [6.45, 7) is 1.91. The number of amides is 1. The first-order chi connectivity index (χ1) is 13.5. The molecule has 0 unspecified atom stereocenters. The number of imidazole rings is 1. The minimum absolute atomic E-state index is 0.388. The van der Waals surface area contributed by atoms with Crippen LogP contribution in [-0.4, -0.2) is 16.1 Å². The number of para-hydroxylation sites is 1. The van der Waals surface area contributed by atoms with E-state index < -0.39 is 6.09 Å². The lowest BCUT2D eigenvalue weighted by Gasteiger charge is -2.08. The number of benzene rings is 3. The van der Waals surface area contributed by atoms with Crippen LogP contribution in [0.4, 0.5) is 10.5 Å². The van der Waals surface area contributed by atoms with Crippen molar-refractivity contribution >= 4 is 46.0 Å². The van der Waals surface area contributed by atoms with Gasteiger partial charge in [-0.3, -0.25) is 5.32 Å². The standard InChI is InChI=1S/C21H15Cl2N3O2/c1-12-5-2-3-8-16(12)26-21(27)28-13-9-10-17-18(11-13)25-20(24-17)19-14(22)6-4-7-15(19)23/h2-11H,1H3,(H,24,25)(H,26,27). The summed E-state index contributed by atoms with van der Waals surface area (Å²) in [6.07, 6.45) is -0.567. The molecule has 4 aromatic rings. The quantitative estimate of drug-likeness (QED) is 0.406. The van der Waals surface area contributed by atoms with Gasteiger partial charge in [0.05, 0.1) is 26.6 Å². The normalized spacial score (nSPS) is 10.8. The number of aromatic nitrogens is 2. The zero-order valence-electron chi connectivity index (χ0n) is 14.8. The third-order valence-electron chi connectivity index (χ3n) is 4.25. The summed E-state index contributed by atoms with van der Waals surface area (Å²) in [5.41, 5.74) is 3.68. The molecule has 0 spiro atoms. The molecule has 0 aliphatic carbocycles. The number of hydrogen-bond donors (Lipinski definition) is 2. The second kappa shape index (κ2) is 7.54. The number of nitrogens with one attached hydrogen (secondary N) is 2. The predicted octanol–water partition coefficient (Wildman–Crippen LogP) is 6.46. The van der Waals surface area contributed by atoms with Crippen molar-refractivity contribution in [1.29, 1.82) is 0 Å². The Hall–Kier alpha value is -3.02. The van der Waals surface area contributed by atoms with Crippen molar-refractivity contribution in [3.05, 3.63) is 76.3 Å². The van der Waals surface area contributed by atoms with E-state index in [1.54, 1.807) is 36.4 Å². The maximum atomic E-state index is 12.2. The Morgan fingerprint density at radius 3 is 2.54 bits per heavy atom. The molecule has 0 bridgehead atoms. The second-order valence-corrected chi connectivity index (χ2v) is 7.00. The molecular formula is C21H15Cl2N3O2. The zero-order chi connectivity index (χ0) is 19.7. The molecular weight excluding hydrogens is 397 g/mol. The molecule has 5 nitrogen and oxygen atoms in total. The Morgan fingerprint density at radius 1 is 1.04 bits per heavy atom. The van der Waals surface area contributed by atoms with Gasteiger partial charge in [-0.05, 0) is 42.8 Å². The third-order valence-corrected chi connectivity index (χ3v) is 4.88. The smallest absolute Gasteiger partial charge is 0.410 e. The molecule has 7 heteroatoms. The van der Waals surface area contributed by atoms with Gasteiger partial charge in [0.25, 0.3) is 0 Å². The van der Waals surface area contributed by atoms with Crippen molar-refractivity contribution in [3.63, 3.8) is 0 Å². The highest BCUT2D eigenvalue weighted by atomic mass is 35.5. The number of nitrogens with zero attached hydrogens (tertiary/aromatic N) is 1. The van der Waals surface area contributed by atoms with Gasteiger partial charge in [-0.2, -0.15) is 0 Å². The highest BCUT2D eigenvalue weighted by Gasteiger charge is 2.14. The van der Waals surface area contributed by atoms with Gasteiger partial charge in [-0.25, -0.2) is 9.78 Å². The molecule has 140 valence electrons. The van der Waals surface area contributed by atoms with Gasteiger partial charge >= 0.3 is 6.09 Å². The highest BCUT2D eigenvalue weighted by molar-refractivity contribution is 6.39.